The average molecular weight is 328 g/mol. The monoisotopic (exact) mass is 328 g/mol. The van der Waals surface area contributed by atoms with E-state index < -0.39 is 7.82 Å². The summed E-state index contributed by atoms with van der Waals surface area (Å²) in [6, 6.07) is 7.58. The Hall–Kier alpha value is -0.830. The lowest BCUT2D eigenvalue weighted by Crippen LogP contribution is -2.05. The Morgan fingerprint density at radius 2 is 1.45 bits per heavy atom. The number of hydrogen-bond acceptors (Lipinski definition) is 4. The first kappa shape index (κ1) is 19.2. The molecule has 1 aromatic rings. The molecule has 4 nitrogen and oxygen atoms in total. The number of rotatable bonds is 11. The van der Waals surface area contributed by atoms with Crippen LogP contribution < -0.4 is 4.52 Å². The van der Waals surface area contributed by atoms with Crippen molar-refractivity contribution < 1.29 is 18.1 Å². The predicted octanol–water partition coefficient (Wildman–Crippen LogP) is 5.93. The van der Waals surface area contributed by atoms with Crippen molar-refractivity contribution >= 4 is 7.82 Å². The second kappa shape index (κ2) is 10.0. The maximum Gasteiger partial charge on any atom is 0.530 e. The molecule has 0 aromatic heterocycles. The van der Waals surface area contributed by atoms with Gasteiger partial charge in [-0.25, -0.2) is 4.57 Å². The summed E-state index contributed by atoms with van der Waals surface area (Å²) in [5.74, 6) is 0.961. The van der Waals surface area contributed by atoms with Gasteiger partial charge in [0.15, 0.2) is 0 Å². The van der Waals surface area contributed by atoms with Gasteiger partial charge in [0.05, 0.1) is 13.2 Å². The van der Waals surface area contributed by atoms with Gasteiger partial charge in [0, 0.05) is 0 Å². The van der Waals surface area contributed by atoms with Gasteiger partial charge < -0.3 is 4.52 Å². The highest BCUT2D eigenvalue weighted by molar-refractivity contribution is 7.48. The standard InChI is InChI=1S/C17H29O4P/c1-5-7-13-19-22(18,20-14-8-6-2)21-17-11-9-16(10-12-17)15(3)4/h9-12,15H,5-8,13-14H2,1-4H3. The molecule has 0 fully saturated rings. The van der Waals surface area contributed by atoms with Crippen LogP contribution in [0.2, 0.25) is 0 Å². The third kappa shape index (κ3) is 6.95. The molecule has 1 aromatic carbocycles. The Kier molecular flexibility index (Phi) is 8.77. The summed E-state index contributed by atoms with van der Waals surface area (Å²) in [6.07, 6.45) is 3.60. The Bertz CT molecular complexity index is 442. The summed E-state index contributed by atoms with van der Waals surface area (Å²) in [5, 5.41) is 0. The molecule has 0 aliphatic rings. The number of phosphoric ester groups is 1. The molecule has 5 heteroatoms. The summed E-state index contributed by atoms with van der Waals surface area (Å²) in [7, 11) is -3.54. The van der Waals surface area contributed by atoms with Crippen molar-refractivity contribution in [1.82, 2.24) is 0 Å². The van der Waals surface area contributed by atoms with Crippen LogP contribution in [0, 0.1) is 0 Å². The van der Waals surface area contributed by atoms with Crippen LogP contribution in [0.15, 0.2) is 24.3 Å². The summed E-state index contributed by atoms with van der Waals surface area (Å²) in [6.45, 7) is 9.12. The van der Waals surface area contributed by atoms with E-state index in [2.05, 4.69) is 27.7 Å². The van der Waals surface area contributed by atoms with Crippen LogP contribution in [0.1, 0.15) is 64.9 Å². The molecule has 126 valence electrons. The molecule has 0 bridgehead atoms. The minimum absolute atomic E-state index is 0.379. The fourth-order valence-electron chi connectivity index (χ4n) is 1.77. The normalized spacial score (nSPS) is 11.9. The SMILES string of the molecule is CCCCOP(=O)(OCCCC)Oc1ccc(C(C)C)cc1. The molecule has 0 unspecified atom stereocenters. The zero-order valence-corrected chi connectivity index (χ0v) is 15.1. The highest BCUT2D eigenvalue weighted by atomic mass is 31.2. The van der Waals surface area contributed by atoms with Gasteiger partial charge in [-0.2, -0.15) is 0 Å². The summed E-state index contributed by atoms with van der Waals surface area (Å²) < 4.78 is 29.0. The number of benzene rings is 1. The van der Waals surface area contributed by atoms with Gasteiger partial charge in [-0.1, -0.05) is 52.7 Å². The smallest absolute Gasteiger partial charge is 0.404 e. The molecular formula is C17H29O4P. The van der Waals surface area contributed by atoms with Crippen molar-refractivity contribution in [3.8, 4) is 5.75 Å². The van der Waals surface area contributed by atoms with Crippen molar-refractivity contribution in [1.29, 1.82) is 0 Å². The van der Waals surface area contributed by atoms with Gasteiger partial charge in [0.1, 0.15) is 5.75 Å². The Morgan fingerprint density at radius 3 is 1.86 bits per heavy atom. The zero-order chi connectivity index (χ0) is 16.4. The van der Waals surface area contributed by atoms with Crippen LogP contribution in [0.4, 0.5) is 0 Å². The molecule has 0 heterocycles. The molecule has 0 radical (unpaired) electrons. The van der Waals surface area contributed by atoms with Crippen LogP contribution in [0.3, 0.4) is 0 Å². The van der Waals surface area contributed by atoms with Gasteiger partial charge in [0.25, 0.3) is 0 Å². The molecule has 0 aliphatic carbocycles. The maximum absolute atomic E-state index is 12.7. The van der Waals surface area contributed by atoms with Crippen LogP contribution in [0.25, 0.3) is 0 Å². The second-order valence-corrected chi connectivity index (χ2v) is 7.23. The van der Waals surface area contributed by atoms with Crippen LogP contribution >= 0.6 is 7.82 Å². The lowest BCUT2D eigenvalue weighted by molar-refractivity contribution is 0.152. The minimum Gasteiger partial charge on any atom is -0.404 e. The van der Waals surface area contributed by atoms with Gasteiger partial charge >= 0.3 is 7.82 Å². The van der Waals surface area contributed by atoms with E-state index in [1.54, 1.807) is 0 Å². The van der Waals surface area contributed by atoms with Gasteiger partial charge in [0.2, 0.25) is 0 Å². The third-order valence-corrected chi connectivity index (χ3v) is 4.69. The fraction of sp³-hybridized carbons (Fsp3) is 0.647. The molecule has 0 saturated heterocycles. The second-order valence-electron chi connectivity index (χ2n) is 5.64. The predicted molar refractivity (Wildman–Crippen MR) is 90.5 cm³/mol. The first-order chi connectivity index (χ1) is 10.5. The molecule has 0 amide bonds. The highest BCUT2D eigenvalue weighted by Crippen LogP contribution is 2.49. The lowest BCUT2D eigenvalue weighted by atomic mass is 10.0. The first-order valence-corrected chi connectivity index (χ1v) is 9.65. The number of phosphoric acid groups is 1. The van der Waals surface area contributed by atoms with E-state index in [4.69, 9.17) is 13.6 Å². The van der Waals surface area contributed by atoms with Crippen LogP contribution in [-0.2, 0) is 13.6 Å². The average Bonchev–Trinajstić information content (AvgIpc) is 2.48. The molecule has 0 aliphatic heterocycles. The number of hydrogen-bond donors (Lipinski definition) is 0. The van der Waals surface area contributed by atoms with E-state index in [9.17, 15) is 4.57 Å². The quantitative estimate of drug-likeness (QED) is 0.373. The largest absolute Gasteiger partial charge is 0.530 e. The van der Waals surface area contributed by atoms with Crippen molar-refractivity contribution in [3.05, 3.63) is 29.8 Å². The van der Waals surface area contributed by atoms with Gasteiger partial charge in [-0.05, 0) is 36.5 Å². The van der Waals surface area contributed by atoms with Crippen molar-refractivity contribution in [2.45, 2.75) is 59.3 Å². The third-order valence-electron chi connectivity index (χ3n) is 3.26. The summed E-state index contributed by atoms with van der Waals surface area (Å²) in [5.41, 5.74) is 1.21. The number of unbranched alkanes of at least 4 members (excludes halogenated alkanes) is 2. The van der Waals surface area contributed by atoms with Crippen molar-refractivity contribution in [2.24, 2.45) is 0 Å². The van der Waals surface area contributed by atoms with E-state index in [0.29, 0.717) is 24.9 Å². The van der Waals surface area contributed by atoms with E-state index in [0.717, 1.165) is 25.7 Å². The molecule has 0 atom stereocenters. The summed E-state index contributed by atoms with van der Waals surface area (Å²) in [4.78, 5) is 0. The van der Waals surface area contributed by atoms with Crippen LogP contribution in [0.5, 0.6) is 5.75 Å². The highest BCUT2D eigenvalue weighted by Gasteiger charge is 2.28. The molecular weight excluding hydrogens is 299 g/mol. The summed E-state index contributed by atoms with van der Waals surface area (Å²) >= 11 is 0. The molecule has 1 rings (SSSR count). The topological polar surface area (TPSA) is 44.8 Å². The Labute approximate surface area is 134 Å². The molecule has 22 heavy (non-hydrogen) atoms. The van der Waals surface area contributed by atoms with E-state index in [1.807, 2.05) is 24.3 Å². The fourth-order valence-corrected chi connectivity index (χ4v) is 3.04. The van der Waals surface area contributed by atoms with Crippen molar-refractivity contribution in [3.63, 3.8) is 0 Å². The zero-order valence-electron chi connectivity index (χ0n) is 14.2. The Morgan fingerprint density at radius 1 is 0.955 bits per heavy atom. The van der Waals surface area contributed by atoms with E-state index in [1.165, 1.54) is 5.56 Å². The Balaban J connectivity index is 2.71. The van der Waals surface area contributed by atoms with Crippen LogP contribution in [-0.4, -0.2) is 13.2 Å². The molecule has 0 spiro atoms. The minimum atomic E-state index is -3.54. The van der Waals surface area contributed by atoms with Gasteiger partial charge in [-0.3, -0.25) is 9.05 Å². The first-order valence-electron chi connectivity index (χ1n) is 8.19. The molecule has 0 saturated carbocycles. The van der Waals surface area contributed by atoms with E-state index in [-0.39, 0.29) is 0 Å². The van der Waals surface area contributed by atoms with Gasteiger partial charge in [-0.15, -0.1) is 0 Å². The van der Waals surface area contributed by atoms with Crippen molar-refractivity contribution in [2.75, 3.05) is 13.2 Å². The maximum atomic E-state index is 12.7. The molecule has 0 N–H and O–H groups in total. The lowest BCUT2D eigenvalue weighted by Gasteiger charge is -2.19. The van der Waals surface area contributed by atoms with E-state index >= 15 is 0 Å².